The van der Waals surface area contributed by atoms with Crippen LogP contribution >= 0.6 is 27.3 Å². The van der Waals surface area contributed by atoms with E-state index in [-0.39, 0.29) is 0 Å². The van der Waals surface area contributed by atoms with E-state index in [1.807, 2.05) is 12.1 Å². The number of aromatic nitrogens is 1. The summed E-state index contributed by atoms with van der Waals surface area (Å²) in [6.45, 7) is 1.60. The third-order valence-corrected chi connectivity index (χ3v) is 3.48. The molecule has 0 radical (unpaired) electrons. The van der Waals surface area contributed by atoms with Gasteiger partial charge < -0.3 is 11.1 Å². The number of halogens is 1. The van der Waals surface area contributed by atoms with E-state index in [1.165, 1.54) is 4.70 Å². The molecule has 0 aliphatic rings. The first-order valence-corrected chi connectivity index (χ1v) is 6.40. The minimum absolute atomic E-state index is 0.712. The van der Waals surface area contributed by atoms with Crippen LogP contribution in [0.4, 0.5) is 5.13 Å². The van der Waals surface area contributed by atoms with Crippen LogP contribution in [0.3, 0.4) is 0 Å². The van der Waals surface area contributed by atoms with Gasteiger partial charge in [-0.3, -0.25) is 0 Å². The van der Waals surface area contributed by atoms with Crippen LogP contribution < -0.4 is 11.1 Å². The second kappa shape index (κ2) is 4.92. The molecule has 3 nitrogen and oxygen atoms in total. The maximum Gasteiger partial charge on any atom is 0.183 e. The van der Waals surface area contributed by atoms with Crippen LogP contribution in [0.25, 0.3) is 10.2 Å². The van der Waals surface area contributed by atoms with E-state index in [9.17, 15) is 0 Å². The van der Waals surface area contributed by atoms with Crippen LogP contribution in [0.5, 0.6) is 0 Å². The fourth-order valence-corrected chi connectivity index (χ4v) is 2.71. The van der Waals surface area contributed by atoms with Gasteiger partial charge in [-0.2, -0.15) is 0 Å². The number of hydrogen-bond donors (Lipinski definition) is 2. The molecule has 15 heavy (non-hydrogen) atoms. The molecule has 0 saturated carbocycles. The predicted octanol–water partition coefficient (Wildman–Crippen LogP) is 2.82. The van der Waals surface area contributed by atoms with Crippen molar-refractivity contribution in [3.8, 4) is 0 Å². The third kappa shape index (κ3) is 2.68. The number of nitrogens with zero attached hydrogens (tertiary/aromatic N) is 1. The smallest absolute Gasteiger partial charge is 0.183 e. The van der Waals surface area contributed by atoms with E-state index in [1.54, 1.807) is 11.3 Å². The standard InChI is InChI=1S/C10H12BrN3S/c11-7-2-3-8-9(6-7)15-10(14-8)13-5-1-4-12/h2-3,6H,1,4-5,12H2,(H,13,14). The molecule has 3 N–H and O–H groups in total. The molecule has 0 spiro atoms. The number of benzene rings is 1. The Morgan fingerprint density at radius 3 is 3.13 bits per heavy atom. The molecule has 2 aromatic rings. The zero-order valence-corrected chi connectivity index (χ0v) is 10.6. The molecule has 0 aliphatic heterocycles. The molecule has 0 fully saturated rings. The fourth-order valence-electron chi connectivity index (χ4n) is 1.27. The molecule has 1 heterocycles. The average molecular weight is 286 g/mol. The molecule has 0 aliphatic carbocycles. The lowest BCUT2D eigenvalue weighted by Gasteiger charge is -1.98. The SMILES string of the molecule is NCCCNc1nc2ccc(Br)cc2s1. The van der Waals surface area contributed by atoms with Gasteiger partial charge in [-0.15, -0.1) is 0 Å². The summed E-state index contributed by atoms with van der Waals surface area (Å²) in [6.07, 6.45) is 0.972. The van der Waals surface area contributed by atoms with Crippen LogP contribution in [0.2, 0.25) is 0 Å². The minimum Gasteiger partial charge on any atom is -0.361 e. The van der Waals surface area contributed by atoms with Gasteiger partial charge in [0, 0.05) is 11.0 Å². The van der Waals surface area contributed by atoms with Crippen molar-refractivity contribution in [2.45, 2.75) is 6.42 Å². The largest absolute Gasteiger partial charge is 0.361 e. The third-order valence-electron chi connectivity index (χ3n) is 2.01. The lowest BCUT2D eigenvalue weighted by Crippen LogP contribution is -2.07. The number of nitrogens with one attached hydrogen (secondary N) is 1. The number of fused-ring (bicyclic) bond motifs is 1. The number of nitrogens with two attached hydrogens (primary N) is 1. The van der Waals surface area contributed by atoms with E-state index >= 15 is 0 Å². The fraction of sp³-hybridized carbons (Fsp3) is 0.300. The number of hydrogen-bond acceptors (Lipinski definition) is 4. The van der Waals surface area contributed by atoms with Gasteiger partial charge >= 0.3 is 0 Å². The topological polar surface area (TPSA) is 50.9 Å². The minimum atomic E-state index is 0.712. The molecular formula is C10H12BrN3S. The van der Waals surface area contributed by atoms with Crippen molar-refractivity contribution in [3.63, 3.8) is 0 Å². The van der Waals surface area contributed by atoms with Gasteiger partial charge in [0.15, 0.2) is 5.13 Å². The Hall–Kier alpha value is -0.650. The molecule has 0 bridgehead atoms. The number of anilines is 1. The molecule has 0 saturated heterocycles. The van der Waals surface area contributed by atoms with Gasteiger partial charge in [0.1, 0.15) is 0 Å². The van der Waals surface area contributed by atoms with Crippen LogP contribution in [-0.4, -0.2) is 18.1 Å². The highest BCUT2D eigenvalue weighted by Crippen LogP contribution is 2.28. The van der Waals surface area contributed by atoms with Crippen molar-refractivity contribution in [1.29, 1.82) is 0 Å². The molecule has 80 valence electrons. The van der Waals surface area contributed by atoms with E-state index in [2.05, 4.69) is 32.3 Å². The van der Waals surface area contributed by atoms with Crippen LogP contribution in [0, 0.1) is 0 Å². The Labute approximate surface area is 101 Å². The first kappa shape index (κ1) is 10.9. The van der Waals surface area contributed by atoms with Crippen molar-refractivity contribution in [2.24, 2.45) is 5.73 Å². The van der Waals surface area contributed by atoms with Crippen molar-refractivity contribution >= 4 is 42.6 Å². The van der Waals surface area contributed by atoms with E-state index < -0.39 is 0 Å². The molecule has 0 amide bonds. The highest BCUT2D eigenvalue weighted by molar-refractivity contribution is 9.10. The summed E-state index contributed by atoms with van der Waals surface area (Å²) in [5.74, 6) is 0. The van der Waals surface area contributed by atoms with Crippen molar-refractivity contribution < 1.29 is 0 Å². The average Bonchev–Trinajstić information content (AvgIpc) is 2.60. The second-order valence-electron chi connectivity index (χ2n) is 3.20. The van der Waals surface area contributed by atoms with Gasteiger partial charge in [0.2, 0.25) is 0 Å². The molecule has 0 atom stereocenters. The van der Waals surface area contributed by atoms with E-state index in [0.717, 1.165) is 28.1 Å². The summed E-state index contributed by atoms with van der Waals surface area (Å²) in [7, 11) is 0. The maximum atomic E-state index is 5.42. The second-order valence-corrected chi connectivity index (χ2v) is 5.15. The van der Waals surface area contributed by atoms with E-state index in [0.29, 0.717) is 6.54 Å². The Morgan fingerprint density at radius 1 is 1.47 bits per heavy atom. The van der Waals surface area contributed by atoms with Gasteiger partial charge in [-0.05, 0) is 31.2 Å². The molecule has 2 rings (SSSR count). The van der Waals surface area contributed by atoms with Gasteiger partial charge in [-0.1, -0.05) is 27.3 Å². The molecule has 5 heteroatoms. The first-order chi connectivity index (χ1) is 7.29. The first-order valence-electron chi connectivity index (χ1n) is 4.79. The number of rotatable bonds is 4. The summed E-state index contributed by atoms with van der Waals surface area (Å²) in [4.78, 5) is 4.47. The summed E-state index contributed by atoms with van der Waals surface area (Å²) < 4.78 is 2.28. The van der Waals surface area contributed by atoms with Crippen LogP contribution in [-0.2, 0) is 0 Å². The zero-order valence-electron chi connectivity index (χ0n) is 8.16. The van der Waals surface area contributed by atoms with Crippen molar-refractivity contribution in [1.82, 2.24) is 4.98 Å². The van der Waals surface area contributed by atoms with Crippen molar-refractivity contribution in [2.75, 3.05) is 18.4 Å². The van der Waals surface area contributed by atoms with Gasteiger partial charge in [0.25, 0.3) is 0 Å². The predicted molar refractivity (Wildman–Crippen MR) is 69.5 cm³/mol. The van der Waals surface area contributed by atoms with Gasteiger partial charge in [0.05, 0.1) is 10.2 Å². The summed E-state index contributed by atoms with van der Waals surface area (Å²) in [5.41, 5.74) is 6.46. The molecule has 1 aromatic carbocycles. The van der Waals surface area contributed by atoms with Gasteiger partial charge in [-0.25, -0.2) is 4.98 Å². The Balaban J connectivity index is 2.16. The normalized spacial score (nSPS) is 10.8. The zero-order chi connectivity index (χ0) is 10.7. The number of thiazole rings is 1. The molecule has 1 aromatic heterocycles. The summed E-state index contributed by atoms with van der Waals surface area (Å²) in [5, 5.41) is 4.24. The highest BCUT2D eigenvalue weighted by Gasteiger charge is 2.02. The maximum absolute atomic E-state index is 5.42. The van der Waals surface area contributed by atoms with Crippen LogP contribution in [0.15, 0.2) is 22.7 Å². The lowest BCUT2D eigenvalue weighted by atomic mass is 10.3. The quantitative estimate of drug-likeness (QED) is 0.850. The Bertz CT molecular complexity index is 455. The Morgan fingerprint density at radius 2 is 2.33 bits per heavy atom. The Kier molecular flexibility index (Phi) is 3.56. The van der Waals surface area contributed by atoms with Crippen molar-refractivity contribution in [3.05, 3.63) is 22.7 Å². The summed E-state index contributed by atoms with van der Waals surface area (Å²) in [6, 6.07) is 6.11. The molecular weight excluding hydrogens is 274 g/mol. The lowest BCUT2D eigenvalue weighted by molar-refractivity contribution is 0.873. The van der Waals surface area contributed by atoms with Crippen LogP contribution in [0.1, 0.15) is 6.42 Å². The highest BCUT2D eigenvalue weighted by atomic mass is 79.9. The van der Waals surface area contributed by atoms with E-state index in [4.69, 9.17) is 5.73 Å². The monoisotopic (exact) mass is 285 g/mol. The summed E-state index contributed by atoms with van der Waals surface area (Å²) >= 11 is 5.12. The molecule has 0 unspecified atom stereocenters.